The molecule has 1 heterocycles. The van der Waals surface area contributed by atoms with Gasteiger partial charge in [-0.1, -0.05) is 68.2 Å². The summed E-state index contributed by atoms with van der Waals surface area (Å²) in [6.45, 7) is 2.94. The molecule has 2 radical (unpaired) electrons. The second-order valence-electron chi connectivity index (χ2n) is 8.17. The zero-order valence-electron chi connectivity index (χ0n) is 18.2. The second kappa shape index (κ2) is 10.1. The quantitative estimate of drug-likeness (QED) is 0.305. The summed E-state index contributed by atoms with van der Waals surface area (Å²) < 4.78 is 69.5. The molecule has 4 rings (SSSR count). The van der Waals surface area contributed by atoms with Crippen molar-refractivity contribution in [3.8, 4) is 22.3 Å². The third-order valence-electron chi connectivity index (χ3n) is 5.92. The smallest absolute Gasteiger partial charge is 0.186 e. The fraction of sp³-hybridized carbons (Fsp3) is 0.308. The Morgan fingerprint density at radius 1 is 0.758 bits per heavy atom. The Balaban J connectivity index is 1.57. The van der Waals surface area contributed by atoms with Crippen LogP contribution in [0, 0.1) is 29.2 Å². The van der Waals surface area contributed by atoms with Crippen molar-refractivity contribution in [1.29, 1.82) is 0 Å². The first kappa shape index (κ1) is 23.5. The maximum absolute atomic E-state index is 14.9. The summed E-state index contributed by atoms with van der Waals surface area (Å²) in [6.07, 6.45) is 0.892. The van der Waals surface area contributed by atoms with E-state index >= 15 is 0 Å². The highest BCUT2D eigenvalue weighted by Gasteiger charge is 2.27. The molecule has 7 heteroatoms. The van der Waals surface area contributed by atoms with Crippen molar-refractivity contribution in [1.82, 2.24) is 0 Å². The van der Waals surface area contributed by atoms with Crippen molar-refractivity contribution in [2.75, 3.05) is 13.2 Å². The number of ether oxygens (including phenoxy) is 2. The van der Waals surface area contributed by atoms with Crippen molar-refractivity contribution in [3.05, 3.63) is 82.9 Å². The number of halogens is 4. The lowest BCUT2D eigenvalue weighted by Crippen LogP contribution is -2.27. The largest absolute Gasteiger partial charge is 0.348 e. The molecule has 0 spiro atoms. The van der Waals surface area contributed by atoms with E-state index in [-0.39, 0.29) is 34.5 Å². The Bertz CT molecular complexity index is 1130. The monoisotopic (exact) mass is 454 g/mol. The molecule has 0 bridgehead atoms. The molecule has 0 atom stereocenters. The first-order valence-electron chi connectivity index (χ1n) is 10.9. The lowest BCUT2D eigenvalue weighted by Gasteiger charge is -2.29. The first-order chi connectivity index (χ1) is 15.9. The van der Waals surface area contributed by atoms with E-state index in [1.807, 2.05) is 0 Å². The zero-order valence-corrected chi connectivity index (χ0v) is 18.2. The molecule has 33 heavy (non-hydrogen) atoms. The molecule has 2 nitrogen and oxygen atoms in total. The molecular formula is C26H23BF4O2. The summed E-state index contributed by atoms with van der Waals surface area (Å²) in [7, 11) is 5.41. The standard InChI is InChI=1S/C26H23BF4O2/c1-2-3-15-13-32-26(33-14-15)21-11-10-20(24(30)25(21)31)17-6-4-16(5-7-17)19-9-8-18(12-27)22(28)23(19)29/h4-11,15,26H,2-3,12-14H2,1H3. The summed E-state index contributed by atoms with van der Waals surface area (Å²) >= 11 is 0. The topological polar surface area (TPSA) is 18.5 Å². The Morgan fingerprint density at radius 2 is 1.30 bits per heavy atom. The summed E-state index contributed by atoms with van der Waals surface area (Å²) in [5.41, 5.74) is 1.01. The van der Waals surface area contributed by atoms with E-state index in [1.165, 1.54) is 48.5 Å². The molecule has 3 aromatic rings. The van der Waals surface area contributed by atoms with Gasteiger partial charge in [0.05, 0.1) is 21.1 Å². The SMILES string of the molecule is [B]Cc1ccc(-c2ccc(-c3ccc(C4OCC(CCC)CO4)c(F)c3F)cc2)c(F)c1F. The Morgan fingerprint density at radius 3 is 1.85 bits per heavy atom. The maximum atomic E-state index is 14.9. The average Bonchev–Trinajstić information content (AvgIpc) is 2.84. The Kier molecular flexibility index (Phi) is 7.20. The minimum Gasteiger partial charge on any atom is -0.348 e. The average molecular weight is 454 g/mol. The molecule has 0 saturated carbocycles. The van der Waals surface area contributed by atoms with Crippen molar-refractivity contribution < 1.29 is 27.0 Å². The van der Waals surface area contributed by atoms with Crippen molar-refractivity contribution >= 4 is 7.85 Å². The fourth-order valence-corrected chi connectivity index (χ4v) is 4.07. The summed E-state index contributed by atoms with van der Waals surface area (Å²) in [6, 6.07) is 11.9. The Labute approximate surface area is 192 Å². The van der Waals surface area contributed by atoms with Crippen LogP contribution in [-0.4, -0.2) is 21.1 Å². The minimum absolute atomic E-state index is 0.0142. The van der Waals surface area contributed by atoms with Gasteiger partial charge in [0.1, 0.15) is 0 Å². The highest BCUT2D eigenvalue weighted by molar-refractivity contribution is 6.08. The molecule has 0 N–H and O–H groups in total. The molecule has 3 aromatic carbocycles. The van der Waals surface area contributed by atoms with Gasteiger partial charge >= 0.3 is 0 Å². The third-order valence-corrected chi connectivity index (χ3v) is 5.92. The highest BCUT2D eigenvalue weighted by atomic mass is 19.2. The van der Waals surface area contributed by atoms with Crippen LogP contribution >= 0.6 is 0 Å². The maximum Gasteiger partial charge on any atom is 0.186 e. The lowest BCUT2D eigenvalue weighted by molar-refractivity contribution is -0.207. The molecule has 170 valence electrons. The van der Waals surface area contributed by atoms with Gasteiger partial charge in [-0.05, 0) is 23.1 Å². The van der Waals surface area contributed by atoms with E-state index in [4.69, 9.17) is 17.3 Å². The van der Waals surface area contributed by atoms with Crippen LogP contribution in [0.1, 0.15) is 37.2 Å². The molecular weight excluding hydrogens is 431 g/mol. The van der Waals surface area contributed by atoms with Crippen LogP contribution in [0.2, 0.25) is 0 Å². The van der Waals surface area contributed by atoms with E-state index < -0.39 is 29.6 Å². The van der Waals surface area contributed by atoms with Crippen molar-refractivity contribution in [3.63, 3.8) is 0 Å². The molecule has 1 aliphatic rings. The third kappa shape index (κ3) is 4.70. The van der Waals surface area contributed by atoms with E-state index in [9.17, 15) is 17.6 Å². The molecule has 1 saturated heterocycles. The zero-order chi connectivity index (χ0) is 23.5. The van der Waals surface area contributed by atoms with Crippen LogP contribution in [0.5, 0.6) is 0 Å². The molecule has 1 fully saturated rings. The van der Waals surface area contributed by atoms with Crippen LogP contribution in [0.15, 0.2) is 48.5 Å². The number of hydrogen-bond donors (Lipinski definition) is 0. The van der Waals surface area contributed by atoms with E-state index in [0.717, 1.165) is 12.8 Å². The van der Waals surface area contributed by atoms with Crippen LogP contribution < -0.4 is 0 Å². The van der Waals surface area contributed by atoms with E-state index in [2.05, 4.69) is 6.92 Å². The van der Waals surface area contributed by atoms with Gasteiger partial charge in [-0.3, -0.25) is 0 Å². The van der Waals surface area contributed by atoms with Crippen molar-refractivity contribution in [2.45, 2.75) is 32.4 Å². The van der Waals surface area contributed by atoms with Gasteiger partial charge in [0.25, 0.3) is 0 Å². The number of rotatable bonds is 6. The van der Waals surface area contributed by atoms with E-state index in [0.29, 0.717) is 24.3 Å². The van der Waals surface area contributed by atoms with Crippen LogP contribution in [0.25, 0.3) is 22.3 Å². The normalized spacial score (nSPS) is 18.5. The van der Waals surface area contributed by atoms with Crippen LogP contribution in [0.3, 0.4) is 0 Å². The van der Waals surface area contributed by atoms with Gasteiger partial charge in [0.15, 0.2) is 29.6 Å². The fourth-order valence-electron chi connectivity index (χ4n) is 4.07. The second-order valence-corrected chi connectivity index (χ2v) is 8.17. The van der Waals surface area contributed by atoms with Crippen LogP contribution in [-0.2, 0) is 15.8 Å². The Hall–Kier alpha value is -2.64. The van der Waals surface area contributed by atoms with Crippen molar-refractivity contribution in [2.24, 2.45) is 5.92 Å². The molecule has 0 aromatic heterocycles. The number of hydrogen-bond acceptors (Lipinski definition) is 2. The minimum atomic E-state index is -1.03. The lowest BCUT2D eigenvalue weighted by atomic mass is 9.93. The predicted molar refractivity (Wildman–Crippen MR) is 120 cm³/mol. The predicted octanol–water partition coefficient (Wildman–Crippen LogP) is 6.71. The molecule has 0 aliphatic carbocycles. The van der Waals surface area contributed by atoms with Gasteiger partial charge in [-0.25, -0.2) is 17.6 Å². The van der Waals surface area contributed by atoms with Crippen LogP contribution in [0.4, 0.5) is 17.6 Å². The van der Waals surface area contributed by atoms with Gasteiger partial charge < -0.3 is 9.47 Å². The molecule has 0 unspecified atom stereocenters. The summed E-state index contributed by atoms with van der Waals surface area (Å²) in [4.78, 5) is 0. The summed E-state index contributed by atoms with van der Waals surface area (Å²) in [5, 5.41) is 0. The summed E-state index contributed by atoms with van der Waals surface area (Å²) in [5.74, 6) is -3.78. The molecule has 0 amide bonds. The van der Waals surface area contributed by atoms with E-state index in [1.54, 1.807) is 0 Å². The van der Waals surface area contributed by atoms with Gasteiger partial charge in [0, 0.05) is 22.6 Å². The highest BCUT2D eigenvalue weighted by Crippen LogP contribution is 2.34. The number of benzene rings is 3. The van der Waals surface area contributed by atoms with Gasteiger partial charge in [-0.15, -0.1) is 0 Å². The molecule has 1 aliphatic heterocycles. The first-order valence-corrected chi connectivity index (χ1v) is 10.9. The van der Waals surface area contributed by atoms with Gasteiger partial charge in [0.2, 0.25) is 0 Å². The van der Waals surface area contributed by atoms with Gasteiger partial charge in [-0.2, -0.15) is 0 Å².